The van der Waals surface area contributed by atoms with Crippen molar-refractivity contribution in [3.8, 4) is 11.3 Å². The summed E-state index contributed by atoms with van der Waals surface area (Å²) >= 11 is 0. The van der Waals surface area contributed by atoms with Gasteiger partial charge in [-0.2, -0.15) is 31.7 Å². The Morgan fingerprint density at radius 1 is 1.08 bits per heavy atom. The summed E-state index contributed by atoms with van der Waals surface area (Å²) in [7, 11) is 0. The maximum atomic E-state index is 14.4. The molecule has 0 radical (unpaired) electrons. The van der Waals surface area contributed by atoms with E-state index in [1.807, 2.05) is 0 Å². The van der Waals surface area contributed by atoms with Crippen molar-refractivity contribution in [2.24, 2.45) is 0 Å². The minimum atomic E-state index is -5.99. The summed E-state index contributed by atoms with van der Waals surface area (Å²) in [6, 6.07) is 6.86. The maximum Gasteiger partial charge on any atom is 0.459 e. The van der Waals surface area contributed by atoms with E-state index in [0.29, 0.717) is 11.8 Å². The van der Waals surface area contributed by atoms with Gasteiger partial charge in [0.15, 0.2) is 11.3 Å². The molecule has 3 aromatic heterocycles. The number of benzene rings is 1. The fourth-order valence-electron chi connectivity index (χ4n) is 3.40. The topological polar surface area (TPSA) is 120 Å². The molecule has 10 nitrogen and oxygen atoms in total. The lowest BCUT2D eigenvalue weighted by atomic mass is 10.1. The fraction of sp³-hybridized carbons (Fsp3) is 0.238. The van der Waals surface area contributed by atoms with E-state index in [9.17, 15) is 41.3 Å². The van der Waals surface area contributed by atoms with E-state index in [2.05, 4.69) is 20.5 Å². The van der Waals surface area contributed by atoms with E-state index >= 15 is 0 Å². The monoisotopic (exact) mass is 527 g/mol. The first-order valence-electron chi connectivity index (χ1n) is 10.4. The molecule has 0 atom stereocenters. The van der Waals surface area contributed by atoms with Gasteiger partial charge in [0.25, 0.3) is 5.91 Å². The molecule has 0 bridgehead atoms. The zero-order valence-corrected chi connectivity index (χ0v) is 18.6. The lowest BCUT2D eigenvalue weighted by Crippen LogP contribution is -2.36. The number of carbonyl (C=O) groups excluding carboxylic acids is 1. The standard InChI is InChI=1S/C21H15F6N7O3/c1-11-8-18(34(36)37)31-32(11)7-6-28-19(35)15-10-17-29-14(12-2-4-13(22)5-3-12)9-16(33(17)30-15)20(23,24)21(25,26)27/h2-5,8-10H,6-7H2,1H3,(H,28,35). The Labute approximate surface area is 202 Å². The van der Waals surface area contributed by atoms with Gasteiger partial charge in [-0.1, -0.05) is 0 Å². The Bertz CT molecular complexity index is 1500. The van der Waals surface area contributed by atoms with Crippen LogP contribution in [0, 0.1) is 22.9 Å². The van der Waals surface area contributed by atoms with Crippen LogP contribution in [0.25, 0.3) is 16.9 Å². The average Bonchev–Trinajstić information content (AvgIpc) is 3.42. The quantitative estimate of drug-likeness (QED) is 0.220. The molecule has 0 saturated carbocycles. The van der Waals surface area contributed by atoms with E-state index in [1.54, 1.807) is 6.92 Å². The second-order valence-electron chi connectivity index (χ2n) is 7.79. The Balaban J connectivity index is 1.66. The summed E-state index contributed by atoms with van der Waals surface area (Å²) in [5.74, 6) is -7.34. The van der Waals surface area contributed by atoms with Crippen molar-refractivity contribution in [3.63, 3.8) is 0 Å². The van der Waals surface area contributed by atoms with Gasteiger partial charge >= 0.3 is 17.9 Å². The molecule has 0 fully saturated rings. The molecule has 0 spiro atoms. The molecule has 1 aromatic carbocycles. The van der Waals surface area contributed by atoms with Gasteiger partial charge in [0.1, 0.15) is 11.5 Å². The van der Waals surface area contributed by atoms with Gasteiger partial charge in [-0.05, 0) is 42.2 Å². The molecule has 16 heteroatoms. The molecule has 3 heterocycles. The number of hydrogen-bond donors (Lipinski definition) is 1. The molecule has 37 heavy (non-hydrogen) atoms. The van der Waals surface area contributed by atoms with Crippen LogP contribution in [0.1, 0.15) is 21.9 Å². The summed E-state index contributed by atoms with van der Waals surface area (Å²) in [6.07, 6.45) is -5.99. The van der Waals surface area contributed by atoms with Crippen LogP contribution in [0.3, 0.4) is 0 Å². The third kappa shape index (κ3) is 4.94. The highest BCUT2D eigenvalue weighted by Gasteiger charge is 2.60. The van der Waals surface area contributed by atoms with Crippen LogP contribution in [0.15, 0.2) is 42.5 Å². The first-order chi connectivity index (χ1) is 17.3. The molecule has 0 aliphatic carbocycles. The first-order valence-corrected chi connectivity index (χ1v) is 10.4. The number of aromatic nitrogens is 5. The second-order valence-corrected chi connectivity index (χ2v) is 7.79. The number of carbonyl (C=O) groups is 1. The number of nitrogens with zero attached hydrogens (tertiary/aromatic N) is 6. The normalized spacial score (nSPS) is 12.2. The van der Waals surface area contributed by atoms with Crippen molar-refractivity contribution in [1.29, 1.82) is 0 Å². The first kappa shape index (κ1) is 25.6. The largest absolute Gasteiger partial charge is 0.459 e. The molecule has 0 unspecified atom stereocenters. The molecule has 0 aliphatic heterocycles. The molecule has 0 aliphatic rings. The number of amides is 1. The minimum Gasteiger partial charge on any atom is -0.358 e. The molecule has 1 N–H and O–H groups in total. The van der Waals surface area contributed by atoms with Crippen LogP contribution in [0.2, 0.25) is 0 Å². The Morgan fingerprint density at radius 2 is 1.76 bits per heavy atom. The molecule has 4 rings (SSSR count). The van der Waals surface area contributed by atoms with Crippen molar-refractivity contribution >= 4 is 17.4 Å². The van der Waals surface area contributed by atoms with Crippen LogP contribution in [-0.2, 0) is 12.5 Å². The van der Waals surface area contributed by atoms with E-state index in [4.69, 9.17) is 0 Å². The van der Waals surface area contributed by atoms with Crippen LogP contribution >= 0.6 is 0 Å². The van der Waals surface area contributed by atoms with Gasteiger partial charge in [0.05, 0.1) is 29.1 Å². The minimum absolute atomic E-state index is 0.00312. The summed E-state index contributed by atoms with van der Waals surface area (Å²) in [6.45, 7) is 1.44. The summed E-state index contributed by atoms with van der Waals surface area (Å²) in [5, 5.41) is 20.5. The third-order valence-electron chi connectivity index (χ3n) is 5.24. The fourth-order valence-corrected chi connectivity index (χ4v) is 3.40. The zero-order chi connectivity index (χ0) is 27.1. The van der Waals surface area contributed by atoms with E-state index in [0.717, 1.165) is 30.3 Å². The Hall–Kier alpha value is -4.50. The van der Waals surface area contributed by atoms with Crippen LogP contribution in [-0.4, -0.2) is 47.9 Å². The highest BCUT2D eigenvalue weighted by atomic mass is 19.4. The summed E-state index contributed by atoms with van der Waals surface area (Å²) < 4.78 is 83.2. The number of nitro groups is 1. The molecule has 194 valence electrons. The number of fused-ring (bicyclic) bond motifs is 1. The number of aryl methyl sites for hydroxylation is 1. The SMILES string of the molecule is Cc1cc([N+](=O)[O-])nn1CCNC(=O)c1cc2nc(-c3ccc(F)cc3)cc(C(F)(F)C(F)(F)F)n2n1. The predicted octanol–water partition coefficient (Wildman–Crippen LogP) is 4.03. The Morgan fingerprint density at radius 3 is 2.35 bits per heavy atom. The summed E-state index contributed by atoms with van der Waals surface area (Å²) in [5.41, 5.74) is -2.42. The number of rotatable bonds is 7. The number of halogens is 6. The van der Waals surface area contributed by atoms with Crippen molar-refractivity contribution in [2.75, 3.05) is 6.54 Å². The van der Waals surface area contributed by atoms with E-state index in [1.165, 1.54) is 10.7 Å². The van der Waals surface area contributed by atoms with Crippen LogP contribution in [0.4, 0.5) is 32.2 Å². The lowest BCUT2D eigenvalue weighted by Gasteiger charge is -2.21. The van der Waals surface area contributed by atoms with Gasteiger partial charge < -0.3 is 15.4 Å². The van der Waals surface area contributed by atoms with Crippen molar-refractivity contribution < 1.29 is 36.1 Å². The molecular weight excluding hydrogens is 512 g/mol. The lowest BCUT2D eigenvalue weighted by molar-refractivity contribution is -0.389. The second kappa shape index (κ2) is 9.18. The molecule has 1 amide bonds. The smallest absolute Gasteiger partial charge is 0.358 e. The highest BCUT2D eigenvalue weighted by Crippen LogP contribution is 2.44. The van der Waals surface area contributed by atoms with Gasteiger partial charge in [-0.15, -0.1) is 0 Å². The van der Waals surface area contributed by atoms with Crippen molar-refractivity contribution in [1.82, 2.24) is 29.7 Å². The number of hydrogen-bond acceptors (Lipinski definition) is 6. The highest BCUT2D eigenvalue weighted by molar-refractivity contribution is 5.93. The van der Waals surface area contributed by atoms with Crippen molar-refractivity contribution in [3.05, 3.63) is 75.5 Å². The van der Waals surface area contributed by atoms with E-state index < -0.39 is 51.6 Å². The number of nitrogens with one attached hydrogen (secondary N) is 1. The van der Waals surface area contributed by atoms with Crippen LogP contribution in [0.5, 0.6) is 0 Å². The van der Waals surface area contributed by atoms with Gasteiger partial charge in [0, 0.05) is 18.2 Å². The van der Waals surface area contributed by atoms with Crippen molar-refractivity contribution in [2.45, 2.75) is 25.6 Å². The van der Waals surface area contributed by atoms with Gasteiger partial charge in [0.2, 0.25) is 0 Å². The zero-order valence-electron chi connectivity index (χ0n) is 18.6. The predicted molar refractivity (Wildman–Crippen MR) is 114 cm³/mol. The molecule has 4 aromatic rings. The summed E-state index contributed by atoms with van der Waals surface area (Å²) in [4.78, 5) is 26.7. The average molecular weight is 527 g/mol. The Kier molecular flexibility index (Phi) is 6.35. The van der Waals surface area contributed by atoms with E-state index in [-0.39, 0.29) is 28.9 Å². The van der Waals surface area contributed by atoms with Gasteiger partial charge in [-0.25, -0.2) is 13.9 Å². The van der Waals surface area contributed by atoms with Gasteiger partial charge in [-0.3, -0.25) is 4.79 Å². The molecule has 0 saturated heterocycles. The maximum absolute atomic E-state index is 14.4. The third-order valence-corrected chi connectivity index (χ3v) is 5.24. The molecular formula is C21H15F6N7O3. The van der Waals surface area contributed by atoms with Crippen LogP contribution < -0.4 is 5.32 Å². The number of alkyl halides is 5.